The number of carbonyl (C=O) groups excluding carboxylic acids is 1. The van der Waals surface area contributed by atoms with Crippen LogP contribution in [0.3, 0.4) is 0 Å². The largest absolute Gasteiger partial charge is 0.481 e. The van der Waals surface area contributed by atoms with Crippen LogP contribution in [-0.2, 0) is 9.59 Å². The average Bonchev–Trinajstić information content (AvgIpc) is 3.05. The number of nitrogens with zero attached hydrogens (tertiary/aromatic N) is 2. The zero-order chi connectivity index (χ0) is 22.9. The molecular formula is C24H27BrN2O3S. The molecule has 1 atom stereocenters. The summed E-state index contributed by atoms with van der Waals surface area (Å²) in [6.07, 6.45) is 1.73. The van der Waals surface area contributed by atoms with E-state index in [0.717, 1.165) is 21.1 Å². The molecule has 0 aliphatic rings. The molecule has 3 rings (SSSR count). The fraction of sp³-hybridized carbons (Fsp3) is 0.375. The van der Waals surface area contributed by atoms with Gasteiger partial charge in [-0.15, -0.1) is 0 Å². The van der Waals surface area contributed by atoms with Crippen molar-refractivity contribution in [1.29, 1.82) is 0 Å². The van der Waals surface area contributed by atoms with Crippen molar-refractivity contribution in [3.63, 3.8) is 0 Å². The van der Waals surface area contributed by atoms with Crippen LogP contribution in [0.2, 0.25) is 0 Å². The normalized spacial score (nSPS) is 13.0. The highest BCUT2D eigenvalue weighted by atomic mass is 79.9. The molecule has 1 aromatic heterocycles. The molecule has 0 aliphatic heterocycles. The molecule has 0 radical (unpaired) electrons. The Bertz CT molecular complexity index is 1140. The number of hydrogen-bond donors (Lipinski definition) is 1. The van der Waals surface area contributed by atoms with Crippen LogP contribution in [0.25, 0.3) is 16.5 Å². The van der Waals surface area contributed by atoms with Gasteiger partial charge in [0.1, 0.15) is 10.4 Å². The number of aliphatic carboxylic acids is 1. The number of imidazole rings is 1. The zero-order valence-corrected chi connectivity index (χ0v) is 20.8. The molecule has 0 spiro atoms. The fourth-order valence-electron chi connectivity index (χ4n) is 3.57. The monoisotopic (exact) mass is 502 g/mol. The van der Waals surface area contributed by atoms with Gasteiger partial charge in [0, 0.05) is 11.8 Å². The maximum absolute atomic E-state index is 13.1. The summed E-state index contributed by atoms with van der Waals surface area (Å²) in [7, 11) is 0. The summed E-state index contributed by atoms with van der Waals surface area (Å²) in [6.45, 7) is 9.41. The van der Waals surface area contributed by atoms with Crippen molar-refractivity contribution < 1.29 is 14.7 Å². The molecule has 0 saturated carbocycles. The Morgan fingerprint density at radius 1 is 1.16 bits per heavy atom. The Balaban J connectivity index is 1.98. The number of hydrogen-bond acceptors (Lipinski definition) is 4. The molecule has 5 nitrogen and oxygen atoms in total. The first-order chi connectivity index (χ1) is 14.5. The second-order valence-corrected chi connectivity index (χ2v) is 11.0. The number of ketones is 1. The van der Waals surface area contributed by atoms with E-state index in [4.69, 9.17) is 0 Å². The quantitative estimate of drug-likeness (QED) is 0.366. The molecule has 1 unspecified atom stereocenters. The highest BCUT2D eigenvalue weighted by molar-refractivity contribution is 9.10. The van der Waals surface area contributed by atoms with Crippen LogP contribution in [0.15, 0.2) is 52.4 Å². The molecule has 1 N–H and O–H groups in total. The Morgan fingerprint density at radius 2 is 1.81 bits per heavy atom. The van der Waals surface area contributed by atoms with Crippen LogP contribution >= 0.6 is 27.7 Å². The van der Waals surface area contributed by atoms with E-state index in [0.29, 0.717) is 5.16 Å². The van der Waals surface area contributed by atoms with E-state index in [-0.39, 0.29) is 18.1 Å². The minimum absolute atomic E-state index is 0.00232. The number of halogens is 1. The molecule has 0 fully saturated rings. The summed E-state index contributed by atoms with van der Waals surface area (Å²) in [5.41, 5.74) is 2.16. The molecule has 3 aromatic rings. The number of benzene rings is 2. The van der Waals surface area contributed by atoms with Gasteiger partial charge in [0.2, 0.25) is 0 Å². The third kappa shape index (κ3) is 4.88. The number of carboxylic acids is 1. The number of carbonyl (C=O) groups is 2. The maximum atomic E-state index is 13.1. The van der Waals surface area contributed by atoms with E-state index in [2.05, 4.69) is 52.1 Å². The van der Waals surface area contributed by atoms with Gasteiger partial charge in [0.25, 0.3) is 0 Å². The number of thioether (sulfide) groups is 1. The highest BCUT2D eigenvalue weighted by Gasteiger charge is 2.35. The summed E-state index contributed by atoms with van der Waals surface area (Å²) in [6, 6.07) is 12.3. The number of aryl methyl sites for hydroxylation is 1. The van der Waals surface area contributed by atoms with E-state index >= 15 is 0 Å². The van der Waals surface area contributed by atoms with Crippen LogP contribution in [0.1, 0.15) is 39.7 Å². The van der Waals surface area contributed by atoms with Crippen LogP contribution in [0.4, 0.5) is 0 Å². The van der Waals surface area contributed by atoms with E-state index < -0.39 is 16.6 Å². The lowest BCUT2D eigenvalue weighted by Crippen LogP contribution is -2.33. The van der Waals surface area contributed by atoms with Gasteiger partial charge in [0.05, 0.1) is 22.5 Å². The predicted molar refractivity (Wildman–Crippen MR) is 129 cm³/mol. The number of rotatable bonds is 8. The molecule has 164 valence electrons. The van der Waals surface area contributed by atoms with Crippen molar-refractivity contribution in [2.45, 2.75) is 50.9 Å². The Kier molecular flexibility index (Phi) is 6.96. The van der Waals surface area contributed by atoms with Gasteiger partial charge in [0.15, 0.2) is 5.16 Å². The van der Waals surface area contributed by atoms with Crippen molar-refractivity contribution in [2.24, 2.45) is 11.8 Å². The van der Waals surface area contributed by atoms with Gasteiger partial charge in [-0.25, -0.2) is 4.98 Å². The van der Waals surface area contributed by atoms with Gasteiger partial charge in [-0.05, 0) is 59.6 Å². The molecule has 0 saturated heterocycles. The SMILES string of the molecule is Cc1ccc(-n2c(Br)cnc2SC(C)(C)C(=O)CC(C(=O)O)C(C)C)c2ccccc12. The second-order valence-electron chi connectivity index (χ2n) is 8.57. The topological polar surface area (TPSA) is 72.2 Å². The van der Waals surface area contributed by atoms with Crippen molar-refractivity contribution in [2.75, 3.05) is 0 Å². The van der Waals surface area contributed by atoms with Crippen LogP contribution in [0, 0.1) is 18.8 Å². The molecule has 31 heavy (non-hydrogen) atoms. The first kappa shape index (κ1) is 23.5. The van der Waals surface area contributed by atoms with Gasteiger partial charge in [-0.3, -0.25) is 14.2 Å². The average molecular weight is 503 g/mol. The summed E-state index contributed by atoms with van der Waals surface area (Å²) in [5, 5.41) is 12.4. The Hall–Kier alpha value is -2.12. The summed E-state index contributed by atoms with van der Waals surface area (Å²) >= 11 is 4.96. The number of aromatic nitrogens is 2. The number of carboxylic acid groups (broad SMARTS) is 1. The van der Waals surface area contributed by atoms with Crippen LogP contribution in [0.5, 0.6) is 0 Å². The van der Waals surface area contributed by atoms with Crippen LogP contribution < -0.4 is 0 Å². The van der Waals surface area contributed by atoms with Crippen LogP contribution in [-0.4, -0.2) is 31.2 Å². The minimum atomic E-state index is -0.931. The standard InChI is InChI=1S/C24H27BrN2O3S/c1-14(2)18(22(29)30)12-20(28)24(4,5)31-23-26-13-21(25)27(23)19-11-10-15(3)16-8-6-7-9-17(16)19/h6-11,13-14,18H,12H2,1-5H3,(H,29,30). The summed E-state index contributed by atoms with van der Waals surface area (Å²) in [4.78, 5) is 29.2. The van der Waals surface area contributed by atoms with E-state index in [1.807, 2.05) is 44.4 Å². The van der Waals surface area contributed by atoms with Crippen molar-refractivity contribution in [1.82, 2.24) is 9.55 Å². The second kappa shape index (κ2) is 9.17. The molecule has 0 aliphatic carbocycles. The smallest absolute Gasteiger partial charge is 0.307 e. The first-order valence-corrected chi connectivity index (χ1v) is 11.8. The lowest BCUT2D eigenvalue weighted by atomic mass is 9.88. The van der Waals surface area contributed by atoms with Crippen molar-refractivity contribution in [3.8, 4) is 5.69 Å². The highest BCUT2D eigenvalue weighted by Crippen LogP contribution is 2.39. The zero-order valence-electron chi connectivity index (χ0n) is 18.3. The van der Waals surface area contributed by atoms with Gasteiger partial charge in [-0.1, -0.05) is 55.9 Å². The molecule has 2 aromatic carbocycles. The molecule has 1 heterocycles. The predicted octanol–water partition coefficient (Wildman–Crippen LogP) is 6.28. The van der Waals surface area contributed by atoms with Gasteiger partial charge in [-0.2, -0.15) is 0 Å². The Morgan fingerprint density at radius 3 is 2.42 bits per heavy atom. The van der Waals surface area contributed by atoms with E-state index in [1.54, 1.807) is 6.20 Å². The van der Waals surface area contributed by atoms with E-state index in [1.165, 1.54) is 17.3 Å². The lowest BCUT2D eigenvalue weighted by molar-refractivity contribution is -0.145. The first-order valence-electron chi connectivity index (χ1n) is 10.2. The maximum Gasteiger partial charge on any atom is 0.307 e. The van der Waals surface area contributed by atoms with Gasteiger partial charge < -0.3 is 5.11 Å². The minimum Gasteiger partial charge on any atom is -0.481 e. The third-order valence-electron chi connectivity index (χ3n) is 5.59. The van der Waals surface area contributed by atoms with Gasteiger partial charge >= 0.3 is 5.97 Å². The number of fused-ring (bicyclic) bond motifs is 1. The molecule has 0 bridgehead atoms. The Labute approximate surface area is 195 Å². The summed E-state index contributed by atoms with van der Waals surface area (Å²) < 4.78 is 1.96. The lowest BCUT2D eigenvalue weighted by Gasteiger charge is -2.25. The number of Topliss-reactive ketones (excluding diaryl/α,β-unsaturated/α-hetero) is 1. The summed E-state index contributed by atoms with van der Waals surface area (Å²) in [5.74, 6) is -1.84. The van der Waals surface area contributed by atoms with Crippen molar-refractivity contribution >= 4 is 50.2 Å². The van der Waals surface area contributed by atoms with Crippen molar-refractivity contribution in [3.05, 3.63) is 52.8 Å². The van der Waals surface area contributed by atoms with E-state index in [9.17, 15) is 14.7 Å². The molecule has 0 amide bonds. The molecular weight excluding hydrogens is 476 g/mol. The third-order valence-corrected chi connectivity index (χ3v) is 7.36. The molecule has 7 heteroatoms. The fourth-order valence-corrected chi connectivity index (χ4v) is 5.20.